The van der Waals surface area contributed by atoms with Gasteiger partial charge in [0.05, 0.1) is 12.9 Å². The zero-order chi connectivity index (χ0) is 11.7. The van der Waals surface area contributed by atoms with Gasteiger partial charge in [-0.05, 0) is 20.8 Å². The molecule has 0 unspecified atom stereocenters. The fourth-order valence-corrected chi connectivity index (χ4v) is 0.955. The molecule has 0 aromatic rings. The molecule has 6 heteroatoms. The molecule has 5 nitrogen and oxygen atoms in total. The molecule has 0 bridgehead atoms. The molecule has 0 saturated heterocycles. The summed E-state index contributed by atoms with van der Waals surface area (Å²) >= 11 is 0. The molecule has 0 fully saturated rings. The van der Waals surface area contributed by atoms with Crippen LogP contribution in [0.15, 0.2) is 11.8 Å². The van der Waals surface area contributed by atoms with Gasteiger partial charge in [0.15, 0.2) is 6.29 Å². The molecule has 0 aromatic carbocycles. The number of carbonyl (C=O) groups excluding carboxylic acids is 1. The Bertz CT molecular complexity index is 217. The van der Waals surface area contributed by atoms with E-state index in [0.717, 1.165) is 0 Å². The predicted octanol–water partition coefficient (Wildman–Crippen LogP) is -1.49. The summed E-state index contributed by atoms with van der Waals surface area (Å²) in [6, 6.07) is 0. The molecule has 0 radical (unpaired) electrons. The van der Waals surface area contributed by atoms with E-state index < -0.39 is 12.3 Å². The van der Waals surface area contributed by atoms with E-state index in [2.05, 4.69) is 0 Å². The minimum Gasteiger partial charge on any atom is -1.00 e. The number of ether oxygens (including phenoxy) is 3. The van der Waals surface area contributed by atoms with Crippen molar-refractivity contribution in [1.29, 1.82) is 0 Å². The van der Waals surface area contributed by atoms with Crippen molar-refractivity contribution < 1.29 is 55.1 Å². The molecule has 0 saturated carbocycles. The van der Waals surface area contributed by atoms with Crippen LogP contribution in [0.1, 0.15) is 22.2 Å². The fraction of sp³-hybridized carbons (Fsp3) is 0.700. The van der Waals surface area contributed by atoms with E-state index in [-0.39, 0.29) is 43.2 Å². The second kappa shape index (κ2) is 11.4. The second-order valence-corrected chi connectivity index (χ2v) is 2.55. The van der Waals surface area contributed by atoms with Gasteiger partial charge in [0.2, 0.25) is 0 Å². The molecule has 0 rings (SSSR count). The summed E-state index contributed by atoms with van der Waals surface area (Å²) in [7, 11) is 0. The smallest absolute Gasteiger partial charge is 1.00 e. The third kappa shape index (κ3) is 6.50. The van der Waals surface area contributed by atoms with Crippen LogP contribution in [0.5, 0.6) is 0 Å². The normalized spacial score (nSPS) is 11.1. The quantitative estimate of drug-likeness (QED) is 0.194. The Morgan fingerprint density at radius 2 is 1.75 bits per heavy atom. The zero-order valence-electron chi connectivity index (χ0n) is 11.4. The molecule has 0 aromatic heterocycles. The standard InChI is InChI=1S/C10H18O5.Na.H/c1-4-13-9(12)8(7-11)10(14-5-2)15-6-3;;/h7,10-11H,4-6H2,1-3H3;;/q;+1;-1. The Morgan fingerprint density at radius 1 is 1.25 bits per heavy atom. The van der Waals surface area contributed by atoms with Gasteiger partial charge >= 0.3 is 35.5 Å². The minimum atomic E-state index is -0.871. The molecule has 0 atom stereocenters. The van der Waals surface area contributed by atoms with E-state index in [0.29, 0.717) is 19.5 Å². The molecule has 0 aliphatic heterocycles. The van der Waals surface area contributed by atoms with Gasteiger partial charge in [-0.1, -0.05) is 0 Å². The number of hydrogen-bond donors (Lipinski definition) is 1. The summed E-state index contributed by atoms with van der Waals surface area (Å²) in [4.78, 5) is 11.4. The first-order chi connectivity index (χ1) is 7.21. The number of rotatable bonds is 7. The Labute approximate surface area is 120 Å². The van der Waals surface area contributed by atoms with Gasteiger partial charge in [0.25, 0.3) is 0 Å². The van der Waals surface area contributed by atoms with Crippen molar-refractivity contribution >= 4 is 5.97 Å². The van der Waals surface area contributed by atoms with Crippen LogP contribution in [-0.4, -0.2) is 37.2 Å². The summed E-state index contributed by atoms with van der Waals surface area (Å²) in [5.74, 6) is -0.632. The molecule has 0 aliphatic carbocycles. The van der Waals surface area contributed by atoms with Crippen LogP contribution in [-0.2, 0) is 19.0 Å². The summed E-state index contributed by atoms with van der Waals surface area (Å²) in [5.41, 5.74) is -0.0273. The summed E-state index contributed by atoms with van der Waals surface area (Å²) in [5, 5.41) is 8.92. The number of esters is 1. The van der Waals surface area contributed by atoms with E-state index in [4.69, 9.17) is 19.3 Å². The van der Waals surface area contributed by atoms with Crippen molar-refractivity contribution in [2.75, 3.05) is 19.8 Å². The van der Waals surface area contributed by atoms with E-state index >= 15 is 0 Å². The van der Waals surface area contributed by atoms with Crippen molar-refractivity contribution in [2.24, 2.45) is 0 Å². The first-order valence-corrected chi connectivity index (χ1v) is 4.95. The van der Waals surface area contributed by atoms with Crippen molar-refractivity contribution in [3.05, 3.63) is 11.8 Å². The first kappa shape index (κ1) is 18.3. The zero-order valence-corrected chi connectivity index (χ0v) is 12.4. The van der Waals surface area contributed by atoms with Gasteiger partial charge in [-0.3, -0.25) is 0 Å². The largest absolute Gasteiger partial charge is 1.00 e. The number of carbonyl (C=O) groups is 1. The van der Waals surface area contributed by atoms with Gasteiger partial charge in [0, 0.05) is 13.2 Å². The van der Waals surface area contributed by atoms with Gasteiger partial charge < -0.3 is 20.7 Å². The number of hydrogen-bond acceptors (Lipinski definition) is 5. The Morgan fingerprint density at radius 3 is 2.06 bits per heavy atom. The average molecular weight is 242 g/mol. The Balaban J connectivity index is -0.000000980. The summed E-state index contributed by atoms with van der Waals surface area (Å²) < 4.78 is 15.0. The maximum absolute atomic E-state index is 11.4. The molecule has 0 aliphatic rings. The van der Waals surface area contributed by atoms with Gasteiger partial charge in [-0.2, -0.15) is 0 Å². The number of aliphatic hydroxyl groups excluding tert-OH is 1. The van der Waals surface area contributed by atoms with Crippen molar-refractivity contribution in [3.8, 4) is 0 Å². The van der Waals surface area contributed by atoms with E-state index in [9.17, 15) is 4.79 Å². The monoisotopic (exact) mass is 242 g/mol. The third-order valence-electron chi connectivity index (χ3n) is 1.54. The molecule has 90 valence electrons. The molecular formula is C10H19NaO5. The van der Waals surface area contributed by atoms with Gasteiger partial charge in [-0.15, -0.1) is 0 Å². The Hall–Kier alpha value is -0.0700. The van der Waals surface area contributed by atoms with Crippen LogP contribution in [0.4, 0.5) is 0 Å². The average Bonchev–Trinajstić information content (AvgIpc) is 2.20. The fourth-order valence-electron chi connectivity index (χ4n) is 0.955. The SMILES string of the molecule is CCOC(=O)C(=CO)C(OCC)OCC.[H-].[Na+]. The summed E-state index contributed by atoms with van der Waals surface area (Å²) in [6.45, 7) is 6.21. The maximum Gasteiger partial charge on any atom is 1.00 e. The molecular weight excluding hydrogens is 223 g/mol. The van der Waals surface area contributed by atoms with Crippen molar-refractivity contribution in [2.45, 2.75) is 27.1 Å². The van der Waals surface area contributed by atoms with Crippen LogP contribution in [0.2, 0.25) is 0 Å². The molecule has 16 heavy (non-hydrogen) atoms. The van der Waals surface area contributed by atoms with Crippen LogP contribution >= 0.6 is 0 Å². The number of aliphatic hydroxyl groups is 1. The van der Waals surface area contributed by atoms with Crippen LogP contribution in [0.3, 0.4) is 0 Å². The molecule has 0 heterocycles. The van der Waals surface area contributed by atoms with Crippen LogP contribution in [0, 0.1) is 0 Å². The molecule has 0 spiro atoms. The minimum absolute atomic E-state index is 0. The van der Waals surface area contributed by atoms with Crippen molar-refractivity contribution in [1.82, 2.24) is 0 Å². The van der Waals surface area contributed by atoms with Crippen LogP contribution in [0.25, 0.3) is 0 Å². The van der Waals surface area contributed by atoms with Crippen LogP contribution < -0.4 is 29.6 Å². The van der Waals surface area contributed by atoms with E-state index in [1.165, 1.54) is 0 Å². The van der Waals surface area contributed by atoms with E-state index in [1.54, 1.807) is 20.8 Å². The van der Waals surface area contributed by atoms with E-state index in [1.807, 2.05) is 0 Å². The molecule has 1 N–H and O–H groups in total. The topological polar surface area (TPSA) is 65.0 Å². The van der Waals surface area contributed by atoms with Gasteiger partial charge in [0.1, 0.15) is 5.57 Å². The first-order valence-electron chi connectivity index (χ1n) is 4.95. The second-order valence-electron chi connectivity index (χ2n) is 2.55. The van der Waals surface area contributed by atoms with Crippen molar-refractivity contribution in [3.63, 3.8) is 0 Å². The van der Waals surface area contributed by atoms with Gasteiger partial charge in [-0.25, -0.2) is 4.79 Å². The molecule has 0 amide bonds. The predicted molar refractivity (Wildman–Crippen MR) is 55.5 cm³/mol. The summed E-state index contributed by atoms with van der Waals surface area (Å²) in [6.07, 6.45) is -0.211. The maximum atomic E-state index is 11.4. The third-order valence-corrected chi connectivity index (χ3v) is 1.54. The Kier molecular flexibility index (Phi) is 13.1.